The van der Waals surface area contributed by atoms with Crippen LogP contribution >= 0.6 is 0 Å². The van der Waals surface area contributed by atoms with Gasteiger partial charge in [0.1, 0.15) is 0 Å². The molecule has 0 saturated carbocycles. The molecule has 0 fully saturated rings. The Morgan fingerprint density at radius 3 is 0.444 bits per heavy atom. The van der Waals surface area contributed by atoms with Gasteiger partial charge in [-0.1, -0.05) is 0 Å². The average molecular weight is 252 g/mol. The van der Waals surface area contributed by atoms with Crippen LogP contribution in [-0.4, -0.2) is 25.0 Å². The number of rotatable bonds is 0. The van der Waals surface area contributed by atoms with Crippen LogP contribution in [0.1, 0.15) is 0 Å². The van der Waals surface area contributed by atoms with Crippen LogP contribution in [0.25, 0.3) is 0 Å². The van der Waals surface area contributed by atoms with E-state index in [4.69, 9.17) is 0 Å². The fourth-order valence-electron chi connectivity index (χ4n) is 0. The maximum atomic E-state index is 4.08. The Hall–Kier alpha value is 1.92. The standard InChI is InChI=1S/4CH4S.Cu/c4*1-2;/h4*2H,1H3;/p-4. The molecule has 0 atom stereocenters. The van der Waals surface area contributed by atoms with Crippen LogP contribution in [-0.2, 0) is 67.6 Å². The van der Waals surface area contributed by atoms with E-state index in [0.29, 0.717) is 0 Å². The summed E-state index contributed by atoms with van der Waals surface area (Å²) >= 11 is 16.3. The Balaban J connectivity index is -0.00000000762. The summed E-state index contributed by atoms with van der Waals surface area (Å²) in [6.07, 6.45) is 6.33. The molecule has 0 aliphatic rings. The first kappa shape index (κ1) is 30.7. The normalized spacial score (nSPS) is 2.67. The second-order valence-electron chi connectivity index (χ2n) is 0. The molecule has 0 aromatic carbocycles. The Morgan fingerprint density at radius 2 is 0.444 bits per heavy atom. The predicted molar refractivity (Wildman–Crippen MR) is 53.2 cm³/mol. The monoisotopic (exact) mass is 251 g/mol. The van der Waals surface area contributed by atoms with Crippen molar-refractivity contribution in [3.05, 3.63) is 0 Å². The van der Waals surface area contributed by atoms with Gasteiger partial charge in [0.25, 0.3) is 0 Å². The second kappa shape index (κ2) is 214. The Labute approximate surface area is 92.1 Å². The molecule has 0 rings (SSSR count). The topological polar surface area (TPSA) is 0 Å². The van der Waals surface area contributed by atoms with Crippen LogP contribution < -0.4 is 0 Å². The quantitative estimate of drug-likeness (QED) is 0.458. The molecule has 9 heavy (non-hydrogen) atoms. The van der Waals surface area contributed by atoms with E-state index in [9.17, 15) is 0 Å². The van der Waals surface area contributed by atoms with Crippen molar-refractivity contribution in [3.63, 3.8) is 0 Å². The fraction of sp³-hybridized carbons (Fsp3) is 1.00. The van der Waals surface area contributed by atoms with Gasteiger partial charge in [-0.3, -0.25) is 0 Å². The Bertz CT molecular complexity index is 12.5. The maximum Gasteiger partial charge on any atom is 0 e. The molecule has 0 aliphatic heterocycles. The summed E-state index contributed by atoms with van der Waals surface area (Å²) < 4.78 is 0. The van der Waals surface area contributed by atoms with Gasteiger partial charge in [-0.2, -0.15) is 25.0 Å². The molecule has 0 aromatic rings. The Morgan fingerprint density at radius 1 is 0.444 bits per heavy atom. The van der Waals surface area contributed by atoms with Gasteiger partial charge in [0.05, 0.1) is 0 Å². The van der Waals surface area contributed by atoms with E-state index in [1.54, 1.807) is 25.0 Å². The molecule has 1 radical (unpaired) electrons. The third-order valence-corrected chi connectivity index (χ3v) is 0. The molecular formula is C4H12CuS4-4. The molecule has 0 amide bonds. The maximum absolute atomic E-state index is 4.08. The van der Waals surface area contributed by atoms with Crippen molar-refractivity contribution in [1.82, 2.24) is 0 Å². The fourth-order valence-corrected chi connectivity index (χ4v) is 0. The predicted octanol–water partition coefficient (Wildman–Crippen LogP) is 0.650. The summed E-state index contributed by atoms with van der Waals surface area (Å²) in [6, 6.07) is 0. The van der Waals surface area contributed by atoms with E-state index in [0.717, 1.165) is 0 Å². The summed E-state index contributed by atoms with van der Waals surface area (Å²) in [5.41, 5.74) is 0. The van der Waals surface area contributed by atoms with Crippen molar-refractivity contribution in [2.75, 3.05) is 25.0 Å². The SMILES string of the molecule is C[S-].C[S-].C[S-].C[S-].[Cu]. The minimum atomic E-state index is 0. The molecule has 0 heterocycles. The van der Waals surface area contributed by atoms with Crippen molar-refractivity contribution in [2.24, 2.45) is 0 Å². The molecule has 0 spiro atoms. The van der Waals surface area contributed by atoms with Crippen LogP contribution in [0.3, 0.4) is 0 Å². The molecule has 0 aromatic heterocycles. The summed E-state index contributed by atoms with van der Waals surface area (Å²) in [7, 11) is 0. The number of hydrogen-bond donors (Lipinski definition) is 0. The summed E-state index contributed by atoms with van der Waals surface area (Å²) in [5, 5.41) is 0. The zero-order valence-electron chi connectivity index (χ0n) is 5.93. The van der Waals surface area contributed by atoms with Crippen LogP contribution in [0.5, 0.6) is 0 Å². The van der Waals surface area contributed by atoms with Crippen molar-refractivity contribution in [1.29, 1.82) is 0 Å². The van der Waals surface area contributed by atoms with Gasteiger partial charge in [-0.05, 0) is 0 Å². The third kappa shape index (κ3) is 169. The summed E-state index contributed by atoms with van der Waals surface area (Å²) in [5.74, 6) is 0. The van der Waals surface area contributed by atoms with Crippen molar-refractivity contribution in [3.8, 4) is 0 Å². The second-order valence-corrected chi connectivity index (χ2v) is 0. The van der Waals surface area contributed by atoms with E-state index in [-0.39, 0.29) is 17.1 Å². The van der Waals surface area contributed by atoms with E-state index in [1.807, 2.05) is 0 Å². The van der Waals surface area contributed by atoms with E-state index >= 15 is 0 Å². The third-order valence-electron chi connectivity index (χ3n) is 0. The zero-order chi connectivity index (χ0) is 8.00. The minimum absolute atomic E-state index is 0. The van der Waals surface area contributed by atoms with Gasteiger partial charge in [-0.25, -0.2) is 0 Å². The van der Waals surface area contributed by atoms with Crippen LogP contribution in [0.4, 0.5) is 0 Å². The van der Waals surface area contributed by atoms with Crippen LogP contribution in [0.2, 0.25) is 0 Å². The molecule has 0 aliphatic carbocycles. The van der Waals surface area contributed by atoms with E-state index in [2.05, 4.69) is 50.5 Å². The minimum Gasteiger partial charge on any atom is -0.796 e. The molecule has 5 heteroatoms. The molecule has 67 valence electrons. The van der Waals surface area contributed by atoms with Crippen molar-refractivity contribution >= 4 is 50.5 Å². The first-order valence-electron chi connectivity index (χ1n) is 1.63. The molecule has 0 N–H and O–H groups in total. The van der Waals surface area contributed by atoms with E-state index < -0.39 is 0 Å². The van der Waals surface area contributed by atoms with Crippen molar-refractivity contribution < 1.29 is 17.1 Å². The summed E-state index contributed by atoms with van der Waals surface area (Å²) in [6.45, 7) is 0. The first-order valence-corrected chi connectivity index (χ1v) is 4.90. The summed E-state index contributed by atoms with van der Waals surface area (Å²) in [4.78, 5) is 0. The molecule has 0 unspecified atom stereocenters. The van der Waals surface area contributed by atoms with E-state index in [1.165, 1.54) is 0 Å². The van der Waals surface area contributed by atoms with Gasteiger partial charge in [0.15, 0.2) is 0 Å². The number of hydrogen-bond acceptors (Lipinski definition) is 4. The largest absolute Gasteiger partial charge is 0.796 e. The van der Waals surface area contributed by atoms with Gasteiger partial charge in [0.2, 0.25) is 0 Å². The van der Waals surface area contributed by atoms with Gasteiger partial charge >= 0.3 is 0 Å². The Kier molecular flexibility index (Phi) is 730. The molecule has 0 saturated heterocycles. The van der Waals surface area contributed by atoms with Gasteiger partial charge < -0.3 is 50.5 Å². The van der Waals surface area contributed by atoms with Gasteiger partial charge in [-0.15, -0.1) is 0 Å². The average Bonchev–Trinajstić information content (AvgIpc) is 2.03. The zero-order valence-corrected chi connectivity index (χ0v) is 10.1. The van der Waals surface area contributed by atoms with Crippen LogP contribution in [0.15, 0.2) is 0 Å². The smallest absolute Gasteiger partial charge is 0 e. The van der Waals surface area contributed by atoms with Crippen LogP contribution in [0, 0.1) is 0 Å². The molecule has 0 nitrogen and oxygen atoms in total. The van der Waals surface area contributed by atoms with Gasteiger partial charge in [0, 0.05) is 17.1 Å². The molecular weight excluding hydrogens is 240 g/mol. The first-order chi connectivity index (χ1) is 4.00. The molecule has 0 bridgehead atoms. The van der Waals surface area contributed by atoms with Crippen molar-refractivity contribution in [2.45, 2.75) is 0 Å².